The highest BCUT2D eigenvalue weighted by molar-refractivity contribution is 5.09. The average Bonchev–Trinajstić information content (AvgIpc) is 2.40. The Labute approximate surface area is 132 Å². The van der Waals surface area contributed by atoms with Crippen molar-refractivity contribution in [1.29, 1.82) is 0 Å². The molecule has 0 fully saturated rings. The predicted molar refractivity (Wildman–Crippen MR) is 95.5 cm³/mol. The molecule has 0 saturated carbocycles. The van der Waals surface area contributed by atoms with E-state index in [4.69, 9.17) is 5.11 Å². The summed E-state index contributed by atoms with van der Waals surface area (Å²) in [6.07, 6.45) is 12.2. The molecule has 0 aromatic carbocycles. The van der Waals surface area contributed by atoms with E-state index in [1.165, 1.54) is 16.7 Å². The van der Waals surface area contributed by atoms with Crippen LogP contribution >= 0.6 is 0 Å². The van der Waals surface area contributed by atoms with Crippen LogP contribution in [0.1, 0.15) is 79.6 Å². The van der Waals surface area contributed by atoms with Crippen molar-refractivity contribution in [2.24, 2.45) is 5.41 Å². The third-order valence-corrected chi connectivity index (χ3v) is 4.00. The SMILES string of the molecule is C=C(CC=C(C)CCC=C(C)C)CCC(C)(C)CCCO. The number of aliphatic hydroxyl groups excluding tert-OH is 1. The molecule has 0 aliphatic carbocycles. The number of rotatable bonds is 11. The average molecular weight is 293 g/mol. The van der Waals surface area contributed by atoms with Gasteiger partial charge in [-0.25, -0.2) is 0 Å². The van der Waals surface area contributed by atoms with Gasteiger partial charge in [0.05, 0.1) is 0 Å². The van der Waals surface area contributed by atoms with Gasteiger partial charge in [0.25, 0.3) is 0 Å². The Bertz CT molecular complexity index is 354. The van der Waals surface area contributed by atoms with Crippen LogP contribution in [0.3, 0.4) is 0 Å². The molecule has 0 atom stereocenters. The summed E-state index contributed by atoms with van der Waals surface area (Å²) in [6, 6.07) is 0. The second kappa shape index (κ2) is 10.8. The maximum absolute atomic E-state index is 8.93. The third kappa shape index (κ3) is 12.6. The molecule has 0 unspecified atom stereocenters. The molecule has 1 heteroatoms. The fourth-order valence-electron chi connectivity index (χ4n) is 2.31. The highest BCUT2D eigenvalue weighted by Crippen LogP contribution is 2.30. The second-order valence-corrected chi connectivity index (χ2v) is 7.32. The van der Waals surface area contributed by atoms with Crippen LogP contribution in [0, 0.1) is 5.41 Å². The van der Waals surface area contributed by atoms with Crippen molar-refractivity contribution in [1.82, 2.24) is 0 Å². The maximum Gasteiger partial charge on any atom is 0.0431 e. The first-order valence-electron chi connectivity index (χ1n) is 8.33. The molecule has 0 amide bonds. The summed E-state index contributed by atoms with van der Waals surface area (Å²) in [5, 5.41) is 8.93. The van der Waals surface area contributed by atoms with Gasteiger partial charge in [0.1, 0.15) is 0 Å². The Balaban J connectivity index is 4.00. The zero-order chi connectivity index (χ0) is 16.3. The number of aliphatic hydroxyl groups is 1. The van der Waals surface area contributed by atoms with Crippen molar-refractivity contribution >= 4 is 0 Å². The van der Waals surface area contributed by atoms with E-state index in [0.29, 0.717) is 12.0 Å². The van der Waals surface area contributed by atoms with Crippen molar-refractivity contribution in [2.75, 3.05) is 6.61 Å². The van der Waals surface area contributed by atoms with Crippen molar-refractivity contribution in [3.05, 3.63) is 35.5 Å². The minimum Gasteiger partial charge on any atom is -0.396 e. The second-order valence-electron chi connectivity index (χ2n) is 7.32. The molecule has 0 spiro atoms. The summed E-state index contributed by atoms with van der Waals surface area (Å²) in [5.74, 6) is 0. The quantitative estimate of drug-likeness (QED) is 0.449. The van der Waals surface area contributed by atoms with Gasteiger partial charge in [-0.05, 0) is 71.1 Å². The van der Waals surface area contributed by atoms with Gasteiger partial charge < -0.3 is 5.11 Å². The molecule has 1 nitrogen and oxygen atoms in total. The number of hydrogen-bond acceptors (Lipinski definition) is 1. The normalized spacial score (nSPS) is 12.4. The summed E-state index contributed by atoms with van der Waals surface area (Å²) < 4.78 is 0. The Morgan fingerprint density at radius 1 is 1.05 bits per heavy atom. The molecular weight excluding hydrogens is 256 g/mol. The number of allylic oxidation sites excluding steroid dienone is 5. The van der Waals surface area contributed by atoms with E-state index in [9.17, 15) is 0 Å². The van der Waals surface area contributed by atoms with Gasteiger partial charge in [0.15, 0.2) is 0 Å². The van der Waals surface area contributed by atoms with Gasteiger partial charge in [0, 0.05) is 6.61 Å². The highest BCUT2D eigenvalue weighted by atomic mass is 16.2. The zero-order valence-corrected chi connectivity index (χ0v) is 15.0. The summed E-state index contributed by atoms with van der Waals surface area (Å²) in [5.41, 5.74) is 4.51. The molecule has 0 rings (SSSR count). The minimum atomic E-state index is 0.304. The molecule has 0 aromatic heterocycles. The predicted octanol–water partition coefficient (Wildman–Crippen LogP) is 6.20. The van der Waals surface area contributed by atoms with Gasteiger partial charge in [-0.3, -0.25) is 0 Å². The topological polar surface area (TPSA) is 20.2 Å². The van der Waals surface area contributed by atoms with Crippen LogP contribution in [-0.4, -0.2) is 11.7 Å². The summed E-state index contributed by atoms with van der Waals surface area (Å²) in [4.78, 5) is 0. The molecule has 0 aliphatic rings. The van der Waals surface area contributed by atoms with E-state index in [-0.39, 0.29) is 0 Å². The summed E-state index contributed by atoms with van der Waals surface area (Å²) in [7, 11) is 0. The van der Waals surface area contributed by atoms with E-state index in [0.717, 1.165) is 44.9 Å². The van der Waals surface area contributed by atoms with E-state index in [1.807, 2.05) is 0 Å². The highest BCUT2D eigenvalue weighted by Gasteiger charge is 2.16. The standard InChI is InChI=1S/C20H36O/c1-17(2)9-7-10-18(3)11-12-19(4)13-15-20(5,6)14-8-16-21/h9,11,21H,4,7-8,10,12-16H2,1-3,5-6H3. The van der Waals surface area contributed by atoms with Gasteiger partial charge in [-0.1, -0.05) is 49.3 Å². The van der Waals surface area contributed by atoms with Gasteiger partial charge in [-0.2, -0.15) is 0 Å². The fraction of sp³-hybridized carbons (Fsp3) is 0.700. The fourth-order valence-corrected chi connectivity index (χ4v) is 2.31. The van der Waals surface area contributed by atoms with E-state index in [2.05, 4.69) is 53.3 Å². The van der Waals surface area contributed by atoms with Crippen molar-refractivity contribution < 1.29 is 5.11 Å². The number of hydrogen-bond donors (Lipinski definition) is 1. The molecule has 0 aromatic rings. The summed E-state index contributed by atoms with van der Waals surface area (Å²) >= 11 is 0. The lowest BCUT2D eigenvalue weighted by Gasteiger charge is -2.24. The van der Waals surface area contributed by atoms with Crippen LogP contribution < -0.4 is 0 Å². The minimum absolute atomic E-state index is 0.304. The molecule has 0 bridgehead atoms. The van der Waals surface area contributed by atoms with Crippen LogP contribution in [-0.2, 0) is 0 Å². The first-order chi connectivity index (χ1) is 9.76. The van der Waals surface area contributed by atoms with Gasteiger partial charge in [0.2, 0.25) is 0 Å². The van der Waals surface area contributed by atoms with Crippen molar-refractivity contribution in [3.63, 3.8) is 0 Å². The maximum atomic E-state index is 8.93. The lowest BCUT2D eigenvalue weighted by molar-refractivity contribution is 0.232. The Morgan fingerprint density at radius 2 is 1.71 bits per heavy atom. The molecule has 0 radical (unpaired) electrons. The first-order valence-corrected chi connectivity index (χ1v) is 8.33. The van der Waals surface area contributed by atoms with Crippen LogP contribution in [0.15, 0.2) is 35.5 Å². The van der Waals surface area contributed by atoms with Crippen LogP contribution in [0.2, 0.25) is 0 Å². The lowest BCUT2D eigenvalue weighted by atomic mass is 9.82. The smallest absolute Gasteiger partial charge is 0.0431 e. The molecule has 0 saturated heterocycles. The third-order valence-electron chi connectivity index (χ3n) is 4.00. The molecule has 0 heterocycles. The largest absolute Gasteiger partial charge is 0.396 e. The molecular formula is C20H36O. The monoisotopic (exact) mass is 292 g/mol. The van der Waals surface area contributed by atoms with E-state index < -0.39 is 0 Å². The Hall–Kier alpha value is -0.820. The van der Waals surface area contributed by atoms with E-state index >= 15 is 0 Å². The van der Waals surface area contributed by atoms with Crippen LogP contribution in [0.5, 0.6) is 0 Å². The molecule has 1 N–H and O–H groups in total. The van der Waals surface area contributed by atoms with Crippen molar-refractivity contribution in [2.45, 2.75) is 79.6 Å². The zero-order valence-electron chi connectivity index (χ0n) is 15.0. The molecule has 0 aliphatic heterocycles. The summed E-state index contributed by atoms with van der Waals surface area (Å²) in [6.45, 7) is 15.6. The molecule has 122 valence electrons. The lowest BCUT2D eigenvalue weighted by Crippen LogP contribution is -2.12. The Kier molecular flexibility index (Phi) is 10.4. The van der Waals surface area contributed by atoms with Crippen LogP contribution in [0.25, 0.3) is 0 Å². The first kappa shape index (κ1) is 20.2. The van der Waals surface area contributed by atoms with E-state index in [1.54, 1.807) is 0 Å². The Morgan fingerprint density at radius 3 is 2.29 bits per heavy atom. The van der Waals surface area contributed by atoms with Gasteiger partial charge >= 0.3 is 0 Å². The van der Waals surface area contributed by atoms with Gasteiger partial charge in [-0.15, -0.1) is 0 Å². The molecule has 21 heavy (non-hydrogen) atoms. The van der Waals surface area contributed by atoms with Crippen molar-refractivity contribution in [3.8, 4) is 0 Å². The van der Waals surface area contributed by atoms with Crippen LogP contribution in [0.4, 0.5) is 0 Å².